The molecule has 1 aliphatic heterocycles. The van der Waals surface area contributed by atoms with Gasteiger partial charge in [-0.3, -0.25) is 0 Å². The Balaban J connectivity index is 1.71. The minimum Gasteiger partial charge on any atom is -0.311 e. The summed E-state index contributed by atoms with van der Waals surface area (Å²) in [7, 11) is -11.2. The molecule has 0 bridgehead atoms. The second kappa shape index (κ2) is 8.56. The van der Waals surface area contributed by atoms with Gasteiger partial charge < -0.3 is 5.32 Å². The van der Waals surface area contributed by atoms with Gasteiger partial charge in [0, 0.05) is 11.1 Å². The molecular formula is C18H21ClN2O6S3. The summed E-state index contributed by atoms with van der Waals surface area (Å²) in [5, 5.41) is 7.39. The summed E-state index contributed by atoms with van der Waals surface area (Å²) in [5.74, 6) is -0.715. The monoisotopic (exact) mass is 492 g/mol. The quantitative estimate of drug-likeness (QED) is 0.581. The zero-order chi connectivity index (χ0) is 22.2. The first-order valence-electron chi connectivity index (χ1n) is 8.93. The molecule has 0 amide bonds. The van der Waals surface area contributed by atoms with Gasteiger partial charge in [-0.25, -0.2) is 30.4 Å². The minimum atomic E-state index is -3.87. The van der Waals surface area contributed by atoms with Crippen LogP contribution in [0.2, 0.25) is 5.02 Å². The van der Waals surface area contributed by atoms with Crippen molar-refractivity contribution in [1.82, 2.24) is 5.32 Å². The van der Waals surface area contributed by atoms with Crippen LogP contribution in [-0.2, 0) is 36.1 Å². The molecule has 1 fully saturated rings. The number of primary sulfonamides is 1. The predicted molar refractivity (Wildman–Crippen MR) is 114 cm³/mol. The van der Waals surface area contributed by atoms with Crippen molar-refractivity contribution in [2.24, 2.45) is 5.14 Å². The zero-order valence-corrected chi connectivity index (χ0v) is 18.9. The SMILES string of the molecule is NS(=O)(=O)c1ccc(CCNC2CS(=O)(=O)CC2S(=O)(=O)c2ccc(Cl)cc2)cc1. The van der Waals surface area contributed by atoms with E-state index in [1.54, 1.807) is 12.1 Å². The Morgan fingerprint density at radius 3 is 2.07 bits per heavy atom. The van der Waals surface area contributed by atoms with Gasteiger partial charge in [0.15, 0.2) is 19.7 Å². The smallest absolute Gasteiger partial charge is 0.238 e. The van der Waals surface area contributed by atoms with Gasteiger partial charge in [-0.1, -0.05) is 23.7 Å². The van der Waals surface area contributed by atoms with Crippen LogP contribution >= 0.6 is 11.6 Å². The van der Waals surface area contributed by atoms with Crippen LogP contribution in [0.4, 0.5) is 0 Å². The second-order valence-corrected chi connectivity index (χ2v) is 13.4. The van der Waals surface area contributed by atoms with E-state index in [2.05, 4.69) is 5.32 Å². The lowest BCUT2D eigenvalue weighted by Crippen LogP contribution is -2.44. The molecular weight excluding hydrogens is 472 g/mol. The first kappa shape index (κ1) is 23.2. The van der Waals surface area contributed by atoms with Gasteiger partial charge in [0.25, 0.3) is 0 Å². The Kier molecular flexibility index (Phi) is 6.61. The fraction of sp³-hybridized carbons (Fsp3) is 0.333. The Morgan fingerprint density at radius 2 is 1.50 bits per heavy atom. The van der Waals surface area contributed by atoms with Crippen LogP contribution in [0.1, 0.15) is 5.56 Å². The molecule has 1 aliphatic rings. The van der Waals surface area contributed by atoms with Crippen molar-refractivity contribution in [2.45, 2.75) is 27.5 Å². The number of nitrogens with two attached hydrogens (primary N) is 1. The molecule has 0 saturated carbocycles. The molecule has 3 rings (SSSR count). The highest BCUT2D eigenvalue weighted by molar-refractivity contribution is 7.96. The summed E-state index contributed by atoms with van der Waals surface area (Å²) in [6.45, 7) is 0.321. The highest BCUT2D eigenvalue weighted by Crippen LogP contribution is 2.27. The maximum Gasteiger partial charge on any atom is 0.238 e. The fourth-order valence-electron chi connectivity index (χ4n) is 3.36. The second-order valence-electron chi connectivity index (χ2n) is 7.11. The molecule has 0 aliphatic carbocycles. The number of benzene rings is 2. The maximum absolute atomic E-state index is 13.0. The number of rotatable bonds is 7. The van der Waals surface area contributed by atoms with E-state index in [9.17, 15) is 25.3 Å². The summed E-state index contributed by atoms with van der Waals surface area (Å²) in [4.78, 5) is 0.0228. The van der Waals surface area contributed by atoms with Crippen molar-refractivity contribution in [3.63, 3.8) is 0 Å². The molecule has 2 unspecified atom stereocenters. The van der Waals surface area contributed by atoms with Crippen molar-refractivity contribution in [2.75, 3.05) is 18.1 Å². The maximum atomic E-state index is 13.0. The molecule has 1 saturated heterocycles. The van der Waals surface area contributed by atoms with E-state index in [4.69, 9.17) is 16.7 Å². The Morgan fingerprint density at radius 1 is 0.933 bits per heavy atom. The normalized spacial score (nSPS) is 21.5. The van der Waals surface area contributed by atoms with Crippen molar-refractivity contribution < 1.29 is 25.3 Å². The van der Waals surface area contributed by atoms with E-state index in [1.165, 1.54) is 36.4 Å². The van der Waals surface area contributed by atoms with Crippen LogP contribution < -0.4 is 10.5 Å². The molecule has 1 heterocycles. The third kappa shape index (κ3) is 5.40. The molecule has 2 aromatic carbocycles. The van der Waals surface area contributed by atoms with Gasteiger partial charge >= 0.3 is 0 Å². The lowest BCUT2D eigenvalue weighted by atomic mass is 10.1. The average molecular weight is 493 g/mol. The number of sulfonamides is 1. The lowest BCUT2D eigenvalue weighted by molar-refractivity contribution is 0.528. The Hall–Kier alpha value is -1.50. The molecule has 0 radical (unpaired) electrons. The Bertz CT molecular complexity index is 1230. The van der Waals surface area contributed by atoms with Crippen molar-refractivity contribution in [3.8, 4) is 0 Å². The van der Waals surface area contributed by atoms with Crippen LogP contribution in [0.25, 0.3) is 0 Å². The fourth-order valence-corrected chi connectivity index (χ4v) is 8.72. The van der Waals surface area contributed by atoms with E-state index >= 15 is 0 Å². The van der Waals surface area contributed by atoms with Gasteiger partial charge in [-0.05, 0) is 54.9 Å². The minimum absolute atomic E-state index is 0.00443. The summed E-state index contributed by atoms with van der Waals surface area (Å²) < 4.78 is 72.9. The number of halogens is 1. The number of hydrogen-bond donors (Lipinski definition) is 2. The third-order valence-corrected chi connectivity index (χ3v) is 10.3. The first-order chi connectivity index (χ1) is 13.9. The Labute approximate surface area is 181 Å². The third-order valence-electron chi connectivity index (χ3n) is 4.91. The average Bonchev–Trinajstić information content (AvgIpc) is 2.97. The largest absolute Gasteiger partial charge is 0.311 e. The number of nitrogens with one attached hydrogen (secondary N) is 1. The van der Waals surface area contributed by atoms with Gasteiger partial charge in [-0.2, -0.15) is 0 Å². The van der Waals surface area contributed by atoms with E-state index in [0.29, 0.717) is 18.0 Å². The summed E-state index contributed by atoms with van der Waals surface area (Å²) in [6.07, 6.45) is 0.454. The van der Waals surface area contributed by atoms with Crippen LogP contribution in [0.15, 0.2) is 58.3 Å². The van der Waals surface area contributed by atoms with Crippen LogP contribution in [0.5, 0.6) is 0 Å². The van der Waals surface area contributed by atoms with Crippen LogP contribution in [-0.4, -0.2) is 54.6 Å². The first-order valence-corrected chi connectivity index (χ1v) is 14.2. The summed E-state index contributed by atoms with van der Waals surface area (Å²) in [6, 6.07) is 10.9. The number of sulfone groups is 2. The molecule has 30 heavy (non-hydrogen) atoms. The lowest BCUT2D eigenvalue weighted by Gasteiger charge is -2.20. The van der Waals surface area contributed by atoms with Gasteiger partial charge in [0.2, 0.25) is 10.0 Å². The van der Waals surface area contributed by atoms with Crippen molar-refractivity contribution in [1.29, 1.82) is 0 Å². The summed E-state index contributed by atoms with van der Waals surface area (Å²) >= 11 is 5.81. The molecule has 164 valence electrons. The van der Waals surface area contributed by atoms with E-state index in [0.717, 1.165) is 5.56 Å². The van der Waals surface area contributed by atoms with Crippen molar-refractivity contribution in [3.05, 3.63) is 59.1 Å². The standard InChI is InChI=1S/C18H21ClN2O6S3/c19-14-3-7-15(8-4-14)29(24,25)18-12-28(22,23)11-17(18)21-10-9-13-1-5-16(6-2-13)30(20,26)27/h1-8,17-18,21H,9-12H2,(H2,20,26,27). The number of hydrogen-bond acceptors (Lipinski definition) is 7. The van der Waals surface area contributed by atoms with Crippen LogP contribution in [0.3, 0.4) is 0 Å². The molecule has 12 heteroatoms. The van der Waals surface area contributed by atoms with Gasteiger partial charge in [0.1, 0.15) is 0 Å². The zero-order valence-electron chi connectivity index (χ0n) is 15.7. The van der Waals surface area contributed by atoms with E-state index in [1.807, 2.05) is 0 Å². The molecule has 8 nitrogen and oxygen atoms in total. The molecule has 3 N–H and O–H groups in total. The highest BCUT2D eigenvalue weighted by atomic mass is 35.5. The van der Waals surface area contributed by atoms with Gasteiger partial charge in [0.05, 0.1) is 26.5 Å². The van der Waals surface area contributed by atoms with E-state index in [-0.39, 0.29) is 15.5 Å². The molecule has 2 aromatic rings. The predicted octanol–water partition coefficient (Wildman–Crippen LogP) is 0.759. The summed E-state index contributed by atoms with van der Waals surface area (Å²) in [5.41, 5.74) is 0.799. The van der Waals surface area contributed by atoms with E-state index < -0.39 is 46.7 Å². The molecule has 0 aromatic heterocycles. The molecule has 2 atom stereocenters. The molecule has 0 spiro atoms. The van der Waals surface area contributed by atoms with Gasteiger partial charge in [-0.15, -0.1) is 0 Å². The highest BCUT2D eigenvalue weighted by Gasteiger charge is 2.45. The van der Waals surface area contributed by atoms with Crippen molar-refractivity contribution >= 4 is 41.3 Å². The topological polar surface area (TPSA) is 140 Å². The van der Waals surface area contributed by atoms with Crippen LogP contribution in [0, 0.1) is 0 Å².